The Labute approximate surface area is 135 Å². The van der Waals surface area contributed by atoms with Gasteiger partial charge in [0.2, 0.25) is 10.0 Å². The first-order valence-electron chi connectivity index (χ1n) is 7.25. The molecule has 0 unspecified atom stereocenters. The van der Waals surface area contributed by atoms with E-state index in [1.165, 1.54) is 16.4 Å². The summed E-state index contributed by atoms with van der Waals surface area (Å²) in [5.41, 5.74) is 1.13. The molecule has 6 nitrogen and oxygen atoms in total. The second-order valence-electron chi connectivity index (χ2n) is 4.89. The van der Waals surface area contributed by atoms with Crippen molar-refractivity contribution in [2.75, 3.05) is 13.1 Å². The van der Waals surface area contributed by atoms with Crippen LogP contribution < -0.4 is 0 Å². The van der Waals surface area contributed by atoms with Gasteiger partial charge in [-0.3, -0.25) is 10.1 Å². The number of benzene rings is 2. The van der Waals surface area contributed by atoms with Crippen molar-refractivity contribution in [2.45, 2.75) is 18.7 Å². The molecule has 23 heavy (non-hydrogen) atoms. The minimum absolute atomic E-state index is 0.0298. The molecule has 0 aliphatic rings. The topological polar surface area (TPSA) is 80.5 Å². The Hall–Kier alpha value is -2.25. The number of nitro groups is 1. The standard InChI is InChI=1S/C16H18N2O4S/c1-3-17(4-2)23(21,22)16-8-6-5-7-15(16)13-9-11-14(12-10-13)18(19)20/h5-12H,3-4H2,1-2H3. The van der Waals surface area contributed by atoms with Crippen LogP contribution in [0, 0.1) is 10.1 Å². The highest BCUT2D eigenvalue weighted by molar-refractivity contribution is 7.89. The van der Waals surface area contributed by atoms with Crippen LogP contribution in [0.5, 0.6) is 0 Å². The lowest BCUT2D eigenvalue weighted by Crippen LogP contribution is -2.30. The summed E-state index contributed by atoms with van der Waals surface area (Å²) in [6.07, 6.45) is 0. The molecule has 0 bridgehead atoms. The maximum atomic E-state index is 12.8. The zero-order valence-electron chi connectivity index (χ0n) is 13.0. The monoisotopic (exact) mass is 334 g/mol. The highest BCUT2D eigenvalue weighted by Crippen LogP contribution is 2.30. The van der Waals surface area contributed by atoms with E-state index in [1.807, 2.05) is 0 Å². The lowest BCUT2D eigenvalue weighted by Gasteiger charge is -2.20. The first-order chi connectivity index (χ1) is 10.9. The fourth-order valence-electron chi connectivity index (χ4n) is 2.40. The van der Waals surface area contributed by atoms with Gasteiger partial charge in [0, 0.05) is 30.8 Å². The van der Waals surface area contributed by atoms with Gasteiger partial charge >= 0.3 is 0 Å². The zero-order valence-corrected chi connectivity index (χ0v) is 13.8. The molecule has 0 aliphatic heterocycles. The number of sulfonamides is 1. The first-order valence-corrected chi connectivity index (χ1v) is 8.69. The summed E-state index contributed by atoms with van der Waals surface area (Å²) < 4.78 is 26.9. The van der Waals surface area contributed by atoms with Crippen LogP contribution in [0.3, 0.4) is 0 Å². The molecule has 122 valence electrons. The molecule has 0 aliphatic carbocycles. The van der Waals surface area contributed by atoms with Gasteiger partial charge in [-0.15, -0.1) is 0 Å². The summed E-state index contributed by atoms with van der Waals surface area (Å²) in [7, 11) is -3.61. The molecule has 0 heterocycles. The number of rotatable bonds is 6. The smallest absolute Gasteiger partial charge is 0.258 e. The van der Waals surface area contributed by atoms with Crippen molar-refractivity contribution in [3.05, 3.63) is 58.6 Å². The van der Waals surface area contributed by atoms with E-state index in [1.54, 1.807) is 50.2 Å². The van der Waals surface area contributed by atoms with Crippen LogP contribution in [0.4, 0.5) is 5.69 Å². The SMILES string of the molecule is CCN(CC)S(=O)(=O)c1ccccc1-c1ccc([N+](=O)[O-])cc1. The van der Waals surface area contributed by atoms with Crippen LogP contribution in [-0.4, -0.2) is 30.7 Å². The molecule has 2 aromatic rings. The van der Waals surface area contributed by atoms with Crippen LogP contribution in [0.15, 0.2) is 53.4 Å². The normalized spacial score (nSPS) is 11.6. The van der Waals surface area contributed by atoms with E-state index in [4.69, 9.17) is 0 Å². The third-order valence-electron chi connectivity index (χ3n) is 3.60. The molecule has 0 fully saturated rings. The van der Waals surface area contributed by atoms with Crippen molar-refractivity contribution < 1.29 is 13.3 Å². The van der Waals surface area contributed by atoms with E-state index in [2.05, 4.69) is 0 Å². The molecular formula is C16H18N2O4S. The number of nitro benzene ring substituents is 1. The van der Waals surface area contributed by atoms with Gasteiger partial charge in [0.25, 0.3) is 5.69 Å². The van der Waals surface area contributed by atoms with Gasteiger partial charge in [-0.25, -0.2) is 8.42 Å². The molecule has 0 radical (unpaired) electrons. The van der Waals surface area contributed by atoms with Gasteiger partial charge in [0.05, 0.1) is 9.82 Å². The van der Waals surface area contributed by atoms with E-state index >= 15 is 0 Å². The molecule has 0 saturated heterocycles. The Kier molecular flexibility index (Phi) is 5.12. The summed E-state index contributed by atoms with van der Waals surface area (Å²) in [4.78, 5) is 10.5. The van der Waals surface area contributed by atoms with Crippen molar-refractivity contribution in [2.24, 2.45) is 0 Å². The molecule has 2 aromatic carbocycles. The lowest BCUT2D eigenvalue weighted by atomic mass is 10.1. The molecule has 0 N–H and O–H groups in total. The molecule has 7 heteroatoms. The van der Waals surface area contributed by atoms with E-state index < -0.39 is 14.9 Å². The summed E-state index contributed by atoms with van der Waals surface area (Å²) in [5.74, 6) is 0. The van der Waals surface area contributed by atoms with Crippen LogP contribution in [0.1, 0.15) is 13.8 Å². The van der Waals surface area contributed by atoms with Crippen LogP contribution >= 0.6 is 0 Å². The molecule has 0 saturated carbocycles. The largest absolute Gasteiger partial charge is 0.269 e. The predicted octanol–water partition coefficient (Wildman–Crippen LogP) is 3.29. The maximum absolute atomic E-state index is 12.8. The highest BCUT2D eigenvalue weighted by Gasteiger charge is 2.24. The first kappa shape index (κ1) is 17.1. The Morgan fingerprint density at radius 3 is 2.09 bits per heavy atom. The zero-order chi connectivity index (χ0) is 17.0. The lowest BCUT2D eigenvalue weighted by molar-refractivity contribution is -0.384. The molecule has 0 aromatic heterocycles. The summed E-state index contributed by atoms with van der Waals surface area (Å²) in [6, 6.07) is 12.6. The average molecular weight is 334 g/mol. The van der Waals surface area contributed by atoms with Crippen molar-refractivity contribution in [3.8, 4) is 11.1 Å². The fraction of sp³-hybridized carbons (Fsp3) is 0.250. The van der Waals surface area contributed by atoms with Crippen LogP contribution in [0.25, 0.3) is 11.1 Å². The van der Waals surface area contributed by atoms with Crippen molar-refractivity contribution >= 4 is 15.7 Å². The Balaban J connectivity index is 2.56. The fourth-order valence-corrected chi connectivity index (χ4v) is 4.07. The van der Waals surface area contributed by atoms with Gasteiger partial charge in [-0.1, -0.05) is 32.0 Å². The van der Waals surface area contributed by atoms with E-state index in [9.17, 15) is 18.5 Å². The minimum Gasteiger partial charge on any atom is -0.258 e. The summed E-state index contributed by atoms with van der Waals surface area (Å²) in [6.45, 7) is 4.34. The number of hydrogen-bond donors (Lipinski definition) is 0. The van der Waals surface area contributed by atoms with E-state index in [0.717, 1.165) is 0 Å². The van der Waals surface area contributed by atoms with Gasteiger partial charge in [-0.05, 0) is 23.8 Å². The maximum Gasteiger partial charge on any atom is 0.269 e. The Morgan fingerprint density at radius 1 is 1.00 bits per heavy atom. The number of nitrogens with zero attached hydrogens (tertiary/aromatic N) is 2. The number of non-ortho nitro benzene ring substituents is 1. The quantitative estimate of drug-likeness (QED) is 0.599. The van der Waals surface area contributed by atoms with Crippen molar-refractivity contribution in [3.63, 3.8) is 0 Å². The minimum atomic E-state index is -3.61. The molecular weight excluding hydrogens is 316 g/mol. The summed E-state index contributed by atoms with van der Waals surface area (Å²) in [5, 5.41) is 10.7. The molecule has 2 rings (SSSR count). The number of hydrogen-bond acceptors (Lipinski definition) is 4. The van der Waals surface area contributed by atoms with E-state index in [0.29, 0.717) is 24.2 Å². The molecule has 0 amide bonds. The second-order valence-corrected chi connectivity index (χ2v) is 6.80. The predicted molar refractivity (Wildman–Crippen MR) is 88.6 cm³/mol. The molecule has 0 spiro atoms. The van der Waals surface area contributed by atoms with Crippen molar-refractivity contribution in [1.82, 2.24) is 4.31 Å². The molecule has 0 atom stereocenters. The van der Waals surface area contributed by atoms with Gasteiger partial charge < -0.3 is 0 Å². The van der Waals surface area contributed by atoms with Crippen LogP contribution in [-0.2, 0) is 10.0 Å². The second kappa shape index (κ2) is 6.89. The van der Waals surface area contributed by atoms with Gasteiger partial charge in [-0.2, -0.15) is 4.31 Å². The van der Waals surface area contributed by atoms with Gasteiger partial charge in [0.1, 0.15) is 0 Å². The Morgan fingerprint density at radius 2 is 1.57 bits per heavy atom. The highest BCUT2D eigenvalue weighted by atomic mass is 32.2. The van der Waals surface area contributed by atoms with Crippen LogP contribution in [0.2, 0.25) is 0 Å². The average Bonchev–Trinajstić information content (AvgIpc) is 2.56. The van der Waals surface area contributed by atoms with Gasteiger partial charge in [0.15, 0.2) is 0 Å². The Bertz CT molecular complexity index is 797. The van der Waals surface area contributed by atoms with E-state index in [-0.39, 0.29) is 10.6 Å². The third-order valence-corrected chi connectivity index (χ3v) is 5.71. The third kappa shape index (κ3) is 3.40. The summed E-state index contributed by atoms with van der Waals surface area (Å²) >= 11 is 0. The van der Waals surface area contributed by atoms with Crippen molar-refractivity contribution in [1.29, 1.82) is 0 Å².